The summed E-state index contributed by atoms with van der Waals surface area (Å²) in [5.74, 6) is 1.11. The monoisotopic (exact) mass is 529 g/mol. The van der Waals surface area contributed by atoms with Gasteiger partial charge in [-0.3, -0.25) is 4.99 Å². The van der Waals surface area contributed by atoms with E-state index in [0.717, 1.165) is 46.6 Å². The van der Waals surface area contributed by atoms with Crippen molar-refractivity contribution in [1.82, 2.24) is 0 Å². The summed E-state index contributed by atoms with van der Waals surface area (Å²) in [6, 6.07) is 24.7. The molecular formula is C26H27Cl2NOZr. The van der Waals surface area contributed by atoms with Gasteiger partial charge < -0.3 is 5.11 Å². The summed E-state index contributed by atoms with van der Waals surface area (Å²) in [5, 5.41) is 11.2. The number of nitrogens with zero attached hydrogens (tertiary/aromatic N) is 1. The Bertz CT molecular complexity index is 971. The summed E-state index contributed by atoms with van der Waals surface area (Å²) in [5.41, 5.74) is 4.78. The van der Waals surface area contributed by atoms with Crippen LogP contribution in [0.5, 0.6) is 5.75 Å². The van der Waals surface area contributed by atoms with Crippen LogP contribution in [0.15, 0.2) is 77.8 Å². The van der Waals surface area contributed by atoms with Gasteiger partial charge in [-0.25, -0.2) is 0 Å². The summed E-state index contributed by atoms with van der Waals surface area (Å²) >= 11 is -0.826. The normalized spacial score (nSPS) is 18.3. The molecule has 160 valence electrons. The van der Waals surface area contributed by atoms with Crippen LogP contribution in [0.25, 0.3) is 22.3 Å². The molecule has 0 aromatic heterocycles. The van der Waals surface area contributed by atoms with Crippen molar-refractivity contribution >= 4 is 23.2 Å². The molecule has 1 aliphatic rings. The van der Waals surface area contributed by atoms with Crippen LogP contribution in [0.2, 0.25) is 0 Å². The Balaban J connectivity index is 0.000000858. The van der Waals surface area contributed by atoms with Crippen LogP contribution >= 0.6 is 17.0 Å². The molecule has 31 heavy (non-hydrogen) atoms. The Hall–Kier alpha value is -1.41. The summed E-state index contributed by atoms with van der Waals surface area (Å²) in [6.07, 6.45) is 6.66. The third-order valence-electron chi connectivity index (χ3n) is 5.79. The minimum absolute atomic E-state index is 0.306. The van der Waals surface area contributed by atoms with Crippen molar-refractivity contribution in [2.45, 2.75) is 38.6 Å². The molecule has 3 aromatic rings. The average molecular weight is 532 g/mol. The second kappa shape index (κ2) is 12.6. The van der Waals surface area contributed by atoms with Crippen LogP contribution in [-0.2, 0) is 20.8 Å². The molecule has 0 amide bonds. The van der Waals surface area contributed by atoms with Gasteiger partial charge in [-0.2, -0.15) is 0 Å². The topological polar surface area (TPSA) is 32.6 Å². The third-order valence-corrected chi connectivity index (χ3v) is 5.79. The van der Waals surface area contributed by atoms with Crippen molar-refractivity contribution in [3.05, 3.63) is 78.4 Å². The molecule has 1 fully saturated rings. The van der Waals surface area contributed by atoms with Crippen molar-refractivity contribution in [3.63, 3.8) is 0 Å². The number of benzene rings is 3. The van der Waals surface area contributed by atoms with Gasteiger partial charge in [0.1, 0.15) is 5.75 Å². The molecule has 0 bridgehead atoms. The van der Waals surface area contributed by atoms with Gasteiger partial charge in [0.25, 0.3) is 0 Å². The predicted octanol–water partition coefficient (Wildman–Crippen LogP) is 8.10. The first-order valence-electron chi connectivity index (χ1n) is 10.6. The number of aromatic hydroxyl groups is 1. The van der Waals surface area contributed by atoms with Gasteiger partial charge in [0.05, 0.1) is 0 Å². The molecule has 5 heteroatoms. The van der Waals surface area contributed by atoms with E-state index in [4.69, 9.17) is 22.0 Å². The van der Waals surface area contributed by atoms with Gasteiger partial charge in [0, 0.05) is 23.4 Å². The van der Waals surface area contributed by atoms with E-state index in [1.165, 1.54) is 12.8 Å². The molecule has 0 radical (unpaired) electrons. The molecule has 0 spiro atoms. The molecular weight excluding hydrogens is 504 g/mol. The standard InChI is InChI=1S/C26H27NO.2ClH.Zr/c1-19-12-14-22(15-13-19)27-18-25-23(20-8-4-2-5-9-20)16-17-24(26(25)28)21-10-6-3-7-11-21;;;/h2-11,16-19,22,28H,12-15H2,1H3;2*1H;/q;;;+2/p-2. The van der Waals surface area contributed by atoms with Crippen LogP contribution in [0.1, 0.15) is 38.2 Å². The Morgan fingerprint density at radius 2 is 1.29 bits per heavy atom. The van der Waals surface area contributed by atoms with Crippen LogP contribution < -0.4 is 0 Å². The summed E-state index contributed by atoms with van der Waals surface area (Å²) in [7, 11) is 9.87. The summed E-state index contributed by atoms with van der Waals surface area (Å²) < 4.78 is 0. The van der Waals surface area contributed by atoms with Gasteiger partial charge in [-0.15, -0.1) is 0 Å². The van der Waals surface area contributed by atoms with Crippen molar-refractivity contribution < 1.29 is 26.0 Å². The number of halogens is 2. The molecule has 4 rings (SSSR count). The van der Waals surface area contributed by atoms with Gasteiger partial charge in [-0.1, -0.05) is 73.7 Å². The zero-order valence-electron chi connectivity index (χ0n) is 17.6. The van der Waals surface area contributed by atoms with Crippen molar-refractivity contribution in [1.29, 1.82) is 0 Å². The van der Waals surface area contributed by atoms with Crippen molar-refractivity contribution in [2.24, 2.45) is 10.9 Å². The molecule has 0 saturated heterocycles. The third kappa shape index (κ3) is 6.78. The zero-order chi connectivity index (χ0) is 22.1. The minimum atomic E-state index is -0.826. The zero-order valence-corrected chi connectivity index (χ0v) is 21.6. The molecule has 0 heterocycles. The number of hydrogen-bond acceptors (Lipinski definition) is 2. The number of hydrogen-bond donors (Lipinski definition) is 1. The Morgan fingerprint density at radius 3 is 1.84 bits per heavy atom. The van der Waals surface area contributed by atoms with E-state index in [-0.39, 0.29) is 0 Å². The van der Waals surface area contributed by atoms with E-state index in [2.05, 4.69) is 25.1 Å². The molecule has 3 aromatic carbocycles. The van der Waals surface area contributed by atoms with Gasteiger partial charge >= 0.3 is 37.9 Å². The number of aliphatic imine (C=N–C) groups is 1. The number of rotatable bonds is 4. The van der Waals surface area contributed by atoms with E-state index in [1.807, 2.05) is 60.8 Å². The van der Waals surface area contributed by atoms with Crippen molar-refractivity contribution in [2.75, 3.05) is 0 Å². The van der Waals surface area contributed by atoms with Crippen LogP contribution in [0, 0.1) is 5.92 Å². The van der Waals surface area contributed by atoms with E-state index in [9.17, 15) is 5.11 Å². The first kappa shape index (κ1) is 24.2. The quantitative estimate of drug-likeness (QED) is 0.339. The van der Waals surface area contributed by atoms with E-state index in [0.29, 0.717) is 11.8 Å². The molecule has 0 atom stereocenters. The molecule has 0 aliphatic heterocycles. The Morgan fingerprint density at radius 1 is 0.806 bits per heavy atom. The first-order chi connectivity index (χ1) is 15.1. The Labute approximate surface area is 204 Å². The molecule has 1 saturated carbocycles. The van der Waals surface area contributed by atoms with Crippen LogP contribution in [-0.4, -0.2) is 17.4 Å². The van der Waals surface area contributed by atoms with Gasteiger partial charge in [-0.05, 0) is 54.4 Å². The fourth-order valence-corrected chi connectivity index (χ4v) is 4.03. The van der Waals surface area contributed by atoms with Gasteiger partial charge in [0.2, 0.25) is 0 Å². The van der Waals surface area contributed by atoms with Crippen LogP contribution in [0.4, 0.5) is 0 Å². The SMILES string of the molecule is CC1CCC(N=Cc2c(-c3ccccc3)ccc(-c3ccccc3)c2O)CC1.[Cl][Zr][Cl]. The van der Waals surface area contributed by atoms with Crippen LogP contribution in [0.3, 0.4) is 0 Å². The summed E-state index contributed by atoms with van der Waals surface area (Å²) in [6.45, 7) is 2.32. The fraction of sp³-hybridized carbons (Fsp3) is 0.269. The summed E-state index contributed by atoms with van der Waals surface area (Å²) in [4.78, 5) is 4.88. The van der Waals surface area contributed by atoms with E-state index >= 15 is 0 Å². The van der Waals surface area contributed by atoms with Crippen molar-refractivity contribution in [3.8, 4) is 28.0 Å². The Kier molecular flexibility index (Phi) is 9.84. The number of phenolic OH excluding ortho intramolecular Hbond substituents is 1. The maximum atomic E-state index is 11.2. The first-order valence-corrected chi connectivity index (χ1v) is 16.9. The second-order valence-corrected chi connectivity index (χ2v) is 11.7. The average Bonchev–Trinajstić information content (AvgIpc) is 2.81. The molecule has 1 N–H and O–H groups in total. The molecule has 2 nitrogen and oxygen atoms in total. The van der Waals surface area contributed by atoms with E-state index < -0.39 is 20.8 Å². The maximum absolute atomic E-state index is 11.2. The second-order valence-electron chi connectivity index (χ2n) is 7.92. The number of phenols is 1. The van der Waals surface area contributed by atoms with Gasteiger partial charge in [0.15, 0.2) is 0 Å². The predicted molar refractivity (Wildman–Crippen MR) is 130 cm³/mol. The molecule has 1 aliphatic carbocycles. The fourth-order valence-electron chi connectivity index (χ4n) is 4.03. The van der Waals surface area contributed by atoms with E-state index in [1.54, 1.807) is 0 Å². The molecule has 0 unspecified atom stereocenters.